The van der Waals surface area contributed by atoms with Crippen LogP contribution >= 0.6 is 65.8 Å². The predicted octanol–water partition coefficient (Wildman–Crippen LogP) is 5.03. The molecule has 0 aliphatic rings. The highest BCUT2D eigenvalue weighted by molar-refractivity contribution is 14.1. The third-order valence-corrected chi connectivity index (χ3v) is 5.73. The molecule has 0 saturated carbocycles. The third-order valence-electron chi connectivity index (χ3n) is 1.56. The van der Waals surface area contributed by atoms with Crippen molar-refractivity contribution in [2.75, 3.05) is 0 Å². The number of hydrogen-bond donors (Lipinski definition) is 0. The van der Waals surface area contributed by atoms with Crippen molar-refractivity contribution in [3.63, 3.8) is 0 Å². The zero-order chi connectivity index (χ0) is 8.72. The van der Waals surface area contributed by atoms with Crippen molar-refractivity contribution in [3.8, 4) is 0 Å². The molecule has 2 rings (SSSR count). The maximum atomic E-state index is 3.51. The summed E-state index contributed by atoms with van der Waals surface area (Å²) in [5.41, 5.74) is 0. The molecule has 4 heteroatoms. The number of fused-ring (bicyclic) bond motifs is 1. The smallest absolute Gasteiger partial charge is 0.0711 e. The fourth-order valence-corrected chi connectivity index (χ4v) is 3.72. The van der Waals surface area contributed by atoms with Gasteiger partial charge in [0, 0.05) is 18.1 Å². The normalized spacial score (nSPS) is 10.9. The molecule has 0 fully saturated rings. The van der Waals surface area contributed by atoms with E-state index in [1.54, 1.807) is 11.3 Å². The van der Waals surface area contributed by atoms with Crippen molar-refractivity contribution >= 4 is 75.9 Å². The van der Waals surface area contributed by atoms with Gasteiger partial charge in [0.2, 0.25) is 0 Å². The first-order chi connectivity index (χ1) is 5.68. The zero-order valence-electron chi connectivity index (χ0n) is 5.77. The van der Waals surface area contributed by atoms with Crippen LogP contribution in [0.4, 0.5) is 0 Å². The van der Waals surface area contributed by atoms with Crippen molar-refractivity contribution in [1.82, 2.24) is 0 Å². The van der Waals surface area contributed by atoms with E-state index in [4.69, 9.17) is 0 Å². The molecule has 1 aromatic heterocycles. The van der Waals surface area contributed by atoms with Crippen LogP contribution in [0.5, 0.6) is 0 Å². The monoisotopic (exact) mass is 416 g/mol. The van der Waals surface area contributed by atoms with E-state index in [0.29, 0.717) is 0 Å². The van der Waals surface area contributed by atoms with Gasteiger partial charge in [0.15, 0.2) is 0 Å². The molecule has 1 aromatic carbocycles. The lowest BCUT2D eigenvalue weighted by molar-refractivity contribution is 1.69. The average Bonchev–Trinajstić information content (AvgIpc) is 2.39. The molecule has 0 radical (unpaired) electrons. The minimum Gasteiger partial charge on any atom is -0.128 e. The first-order valence-corrected chi connectivity index (χ1v) is 6.69. The molecular weight excluding hydrogens is 415 g/mol. The molecule has 0 aliphatic heterocycles. The largest absolute Gasteiger partial charge is 0.128 e. The van der Waals surface area contributed by atoms with Crippen molar-refractivity contribution < 1.29 is 0 Å². The summed E-state index contributed by atoms with van der Waals surface area (Å²) in [6, 6.07) is 6.39. The minimum atomic E-state index is 1.17. The molecule has 62 valence electrons. The molecule has 0 saturated heterocycles. The fraction of sp³-hybridized carbons (Fsp3) is 0. The summed E-state index contributed by atoms with van der Waals surface area (Å²) < 4.78 is 4.97. The van der Waals surface area contributed by atoms with Gasteiger partial charge in [-0.1, -0.05) is 0 Å². The molecule has 1 heterocycles. The van der Waals surface area contributed by atoms with Gasteiger partial charge in [0.25, 0.3) is 0 Å². The van der Waals surface area contributed by atoms with Crippen LogP contribution in [-0.2, 0) is 0 Å². The summed E-state index contributed by atoms with van der Waals surface area (Å²) >= 11 is 11.1. The second-order valence-corrected chi connectivity index (χ2v) is 6.72. The first kappa shape index (κ1) is 9.43. The third kappa shape index (κ3) is 1.58. The van der Waals surface area contributed by atoms with E-state index in [1.807, 2.05) is 0 Å². The lowest BCUT2D eigenvalue weighted by atomic mass is 10.3. The summed E-state index contributed by atoms with van der Waals surface area (Å²) in [5, 5.41) is 1.32. The van der Waals surface area contributed by atoms with E-state index in [-0.39, 0.29) is 0 Å². The zero-order valence-corrected chi connectivity index (χ0v) is 11.9. The Morgan fingerprint density at radius 1 is 1.25 bits per heavy atom. The van der Waals surface area contributed by atoms with Gasteiger partial charge in [-0.15, -0.1) is 11.3 Å². The predicted molar refractivity (Wildman–Crippen MR) is 69.9 cm³/mol. The highest BCUT2D eigenvalue weighted by Crippen LogP contribution is 2.35. The molecule has 2 aromatic rings. The number of hydrogen-bond acceptors (Lipinski definition) is 1. The van der Waals surface area contributed by atoms with Gasteiger partial charge >= 0.3 is 0 Å². The summed E-state index contributed by atoms with van der Waals surface area (Å²) in [6.45, 7) is 0. The van der Waals surface area contributed by atoms with Crippen molar-refractivity contribution in [3.05, 3.63) is 30.0 Å². The second-order valence-electron chi connectivity index (χ2n) is 2.32. The van der Waals surface area contributed by atoms with Gasteiger partial charge in [0.05, 0.1) is 3.79 Å². The molecule has 0 nitrogen and oxygen atoms in total. The SMILES string of the molecule is Brc1cc2c(I)c(Br)ccc2s1. The molecular formula is C8H3Br2IS. The van der Waals surface area contributed by atoms with Gasteiger partial charge < -0.3 is 0 Å². The molecule has 12 heavy (non-hydrogen) atoms. The van der Waals surface area contributed by atoms with Gasteiger partial charge in [-0.2, -0.15) is 0 Å². The van der Waals surface area contributed by atoms with E-state index in [0.717, 1.165) is 0 Å². The minimum absolute atomic E-state index is 1.17. The van der Waals surface area contributed by atoms with E-state index in [2.05, 4.69) is 72.6 Å². The quantitative estimate of drug-likeness (QED) is 0.527. The van der Waals surface area contributed by atoms with Crippen LogP contribution in [0.1, 0.15) is 0 Å². The van der Waals surface area contributed by atoms with Gasteiger partial charge in [0.1, 0.15) is 0 Å². The number of thiophene rings is 1. The van der Waals surface area contributed by atoms with Crippen molar-refractivity contribution in [1.29, 1.82) is 0 Å². The molecule has 0 spiro atoms. The van der Waals surface area contributed by atoms with E-state index < -0.39 is 0 Å². The molecule has 0 aliphatic carbocycles. The van der Waals surface area contributed by atoms with Crippen molar-refractivity contribution in [2.24, 2.45) is 0 Å². The summed E-state index contributed by atoms with van der Waals surface area (Å²) in [5.74, 6) is 0. The van der Waals surface area contributed by atoms with Crippen molar-refractivity contribution in [2.45, 2.75) is 0 Å². The van der Waals surface area contributed by atoms with E-state index in [9.17, 15) is 0 Å². The maximum Gasteiger partial charge on any atom is 0.0711 e. The number of rotatable bonds is 0. The summed E-state index contributed by atoms with van der Waals surface area (Å²) in [6.07, 6.45) is 0. The Morgan fingerprint density at radius 2 is 2.00 bits per heavy atom. The van der Waals surface area contributed by atoms with Gasteiger partial charge in [-0.25, -0.2) is 0 Å². The Bertz CT molecular complexity index is 436. The maximum absolute atomic E-state index is 3.51. The highest BCUT2D eigenvalue weighted by Gasteiger charge is 2.05. The molecule has 0 unspecified atom stereocenters. The number of halogens is 3. The summed E-state index contributed by atoms with van der Waals surface area (Å²) in [7, 11) is 0. The first-order valence-electron chi connectivity index (χ1n) is 3.21. The Balaban J connectivity index is 2.89. The Morgan fingerprint density at radius 3 is 2.75 bits per heavy atom. The second kappa shape index (κ2) is 3.55. The van der Waals surface area contributed by atoms with Gasteiger partial charge in [-0.3, -0.25) is 0 Å². The van der Waals surface area contributed by atoms with Crippen LogP contribution in [0.3, 0.4) is 0 Å². The van der Waals surface area contributed by atoms with Crippen LogP contribution in [-0.4, -0.2) is 0 Å². The molecule has 0 N–H and O–H groups in total. The van der Waals surface area contributed by atoms with Crippen LogP contribution < -0.4 is 0 Å². The topological polar surface area (TPSA) is 0 Å². The van der Waals surface area contributed by atoms with Crippen LogP contribution in [0.25, 0.3) is 10.1 Å². The number of benzene rings is 1. The van der Waals surface area contributed by atoms with Crippen LogP contribution in [0.15, 0.2) is 26.5 Å². The van der Waals surface area contributed by atoms with E-state index in [1.165, 1.54) is 21.9 Å². The molecule has 0 atom stereocenters. The highest BCUT2D eigenvalue weighted by atomic mass is 127. The lowest BCUT2D eigenvalue weighted by Gasteiger charge is -1.95. The van der Waals surface area contributed by atoms with Crippen LogP contribution in [0.2, 0.25) is 0 Å². The standard InChI is InChI=1S/C8H3Br2IS/c9-5-1-2-6-4(8(5)11)3-7(10)12-6/h1-3H. The molecule has 0 bridgehead atoms. The summed E-state index contributed by atoms with van der Waals surface area (Å²) in [4.78, 5) is 0. The average molecular weight is 418 g/mol. The van der Waals surface area contributed by atoms with E-state index >= 15 is 0 Å². The van der Waals surface area contributed by atoms with Crippen LogP contribution in [0, 0.1) is 3.57 Å². The molecule has 0 amide bonds. The van der Waals surface area contributed by atoms with Gasteiger partial charge in [-0.05, 0) is 72.6 Å². The fourth-order valence-electron chi connectivity index (χ4n) is 1.02. The Labute approximate surface area is 105 Å². The lowest BCUT2D eigenvalue weighted by Crippen LogP contribution is -1.73. The Kier molecular flexibility index (Phi) is 2.79. The Hall–Kier alpha value is 0.870.